The standard InChI is InChI=1S/C23H23ClN2O3S/c1-16-7-13-20(14-8-16)30(28,29)25-22-6-4-5-21(17(22)2)23(27)26(3)15-18-9-11-19(24)12-10-18/h4-14,25H,15H2,1-3H3. The van der Waals surface area contributed by atoms with Gasteiger partial charge in [-0.15, -0.1) is 0 Å². The SMILES string of the molecule is Cc1ccc(S(=O)(=O)Nc2cccc(C(=O)N(C)Cc3ccc(Cl)cc3)c2C)cc1. The van der Waals surface area contributed by atoms with Crippen LogP contribution in [-0.4, -0.2) is 26.3 Å². The average molecular weight is 443 g/mol. The molecule has 0 aliphatic carbocycles. The van der Waals surface area contributed by atoms with E-state index in [0.717, 1.165) is 11.1 Å². The van der Waals surface area contributed by atoms with Crippen molar-refractivity contribution in [3.8, 4) is 0 Å². The monoisotopic (exact) mass is 442 g/mol. The van der Waals surface area contributed by atoms with Crippen LogP contribution in [0.15, 0.2) is 71.6 Å². The summed E-state index contributed by atoms with van der Waals surface area (Å²) in [6.45, 7) is 4.04. The van der Waals surface area contributed by atoms with E-state index >= 15 is 0 Å². The summed E-state index contributed by atoms with van der Waals surface area (Å²) in [6, 6.07) is 18.9. The number of carbonyl (C=O) groups is 1. The molecule has 3 aromatic rings. The molecule has 30 heavy (non-hydrogen) atoms. The zero-order chi connectivity index (χ0) is 21.9. The fraction of sp³-hybridized carbons (Fsp3) is 0.174. The second-order valence-electron chi connectivity index (χ2n) is 7.18. The molecule has 0 saturated heterocycles. The van der Waals surface area contributed by atoms with Gasteiger partial charge in [0.1, 0.15) is 0 Å². The van der Waals surface area contributed by atoms with Crippen molar-refractivity contribution in [1.29, 1.82) is 0 Å². The van der Waals surface area contributed by atoms with Crippen molar-refractivity contribution in [1.82, 2.24) is 4.90 Å². The maximum absolute atomic E-state index is 13.0. The quantitative estimate of drug-likeness (QED) is 0.582. The molecular formula is C23H23ClN2O3S. The van der Waals surface area contributed by atoms with Crippen LogP contribution in [0, 0.1) is 13.8 Å². The Hall–Kier alpha value is -2.83. The molecule has 0 radical (unpaired) electrons. The lowest BCUT2D eigenvalue weighted by molar-refractivity contribution is 0.0784. The third-order valence-corrected chi connectivity index (χ3v) is 6.45. The fourth-order valence-corrected chi connectivity index (χ4v) is 4.29. The van der Waals surface area contributed by atoms with Gasteiger partial charge in [0.05, 0.1) is 10.6 Å². The first-order valence-corrected chi connectivity index (χ1v) is 11.2. The van der Waals surface area contributed by atoms with Crippen molar-refractivity contribution in [3.63, 3.8) is 0 Å². The molecule has 0 aromatic heterocycles. The first kappa shape index (κ1) is 21.9. The highest BCUT2D eigenvalue weighted by Gasteiger charge is 2.20. The lowest BCUT2D eigenvalue weighted by Crippen LogP contribution is -2.27. The minimum atomic E-state index is -3.76. The van der Waals surface area contributed by atoms with E-state index in [9.17, 15) is 13.2 Å². The summed E-state index contributed by atoms with van der Waals surface area (Å²) < 4.78 is 28.1. The van der Waals surface area contributed by atoms with Crippen LogP contribution in [0.4, 0.5) is 5.69 Å². The van der Waals surface area contributed by atoms with E-state index in [1.807, 2.05) is 19.1 Å². The molecule has 1 amide bonds. The number of benzene rings is 3. The van der Waals surface area contributed by atoms with Crippen molar-refractivity contribution in [2.24, 2.45) is 0 Å². The van der Waals surface area contributed by atoms with Gasteiger partial charge < -0.3 is 4.90 Å². The van der Waals surface area contributed by atoms with Crippen LogP contribution < -0.4 is 4.72 Å². The molecular weight excluding hydrogens is 420 g/mol. The van der Waals surface area contributed by atoms with Gasteiger partial charge in [-0.2, -0.15) is 0 Å². The Morgan fingerprint density at radius 2 is 1.60 bits per heavy atom. The van der Waals surface area contributed by atoms with Crippen molar-refractivity contribution in [3.05, 3.63) is 94.0 Å². The molecule has 5 nitrogen and oxygen atoms in total. The summed E-state index contributed by atoms with van der Waals surface area (Å²) in [5.41, 5.74) is 3.31. The van der Waals surface area contributed by atoms with Gasteiger partial charge in [-0.1, -0.05) is 47.5 Å². The topological polar surface area (TPSA) is 66.5 Å². The van der Waals surface area contributed by atoms with E-state index in [1.54, 1.807) is 73.5 Å². The van der Waals surface area contributed by atoms with E-state index in [-0.39, 0.29) is 10.8 Å². The number of hydrogen-bond donors (Lipinski definition) is 1. The first-order valence-electron chi connectivity index (χ1n) is 9.36. The molecule has 0 spiro atoms. The number of rotatable bonds is 6. The molecule has 0 aliphatic heterocycles. The number of nitrogens with zero attached hydrogens (tertiary/aromatic N) is 1. The summed E-state index contributed by atoms with van der Waals surface area (Å²) in [7, 11) is -2.05. The van der Waals surface area contributed by atoms with Crippen LogP contribution >= 0.6 is 11.6 Å². The number of sulfonamides is 1. The number of nitrogens with one attached hydrogen (secondary N) is 1. The second kappa shape index (κ2) is 8.90. The molecule has 0 fully saturated rings. The minimum absolute atomic E-state index is 0.170. The molecule has 1 N–H and O–H groups in total. The maximum atomic E-state index is 13.0. The van der Waals surface area contributed by atoms with E-state index in [1.165, 1.54) is 0 Å². The van der Waals surface area contributed by atoms with Gasteiger partial charge in [0, 0.05) is 24.2 Å². The van der Waals surface area contributed by atoms with Crippen molar-refractivity contribution in [2.45, 2.75) is 25.3 Å². The zero-order valence-corrected chi connectivity index (χ0v) is 18.6. The zero-order valence-electron chi connectivity index (χ0n) is 17.0. The van der Waals surface area contributed by atoms with Crippen molar-refractivity contribution < 1.29 is 13.2 Å². The number of aryl methyl sites for hydroxylation is 1. The average Bonchev–Trinajstić information content (AvgIpc) is 2.71. The van der Waals surface area contributed by atoms with E-state index < -0.39 is 10.0 Å². The molecule has 3 rings (SSSR count). The third kappa shape index (κ3) is 5.01. The summed E-state index contributed by atoms with van der Waals surface area (Å²) in [5, 5.41) is 0.636. The van der Waals surface area contributed by atoms with Crippen LogP contribution in [0.5, 0.6) is 0 Å². The number of amides is 1. The molecule has 0 aliphatic rings. The second-order valence-corrected chi connectivity index (χ2v) is 9.30. The Bertz CT molecular complexity index is 1160. The summed E-state index contributed by atoms with van der Waals surface area (Å²) in [6.07, 6.45) is 0. The van der Waals surface area contributed by atoms with Gasteiger partial charge in [-0.05, 0) is 61.4 Å². The molecule has 7 heteroatoms. The van der Waals surface area contributed by atoms with Gasteiger partial charge in [0.2, 0.25) is 0 Å². The molecule has 0 atom stereocenters. The van der Waals surface area contributed by atoms with Crippen molar-refractivity contribution in [2.75, 3.05) is 11.8 Å². The predicted octanol–water partition coefficient (Wildman–Crippen LogP) is 5.03. The van der Waals surface area contributed by atoms with Gasteiger partial charge in [-0.25, -0.2) is 8.42 Å². The Balaban J connectivity index is 1.82. The Morgan fingerprint density at radius 1 is 0.967 bits per heavy atom. The summed E-state index contributed by atoms with van der Waals surface area (Å²) in [4.78, 5) is 14.7. The van der Waals surface area contributed by atoms with Gasteiger partial charge >= 0.3 is 0 Å². The van der Waals surface area contributed by atoms with E-state index in [0.29, 0.717) is 28.4 Å². The normalized spacial score (nSPS) is 11.2. The maximum Gasteiger partial charge on any atom is 0.261 e. The number of anilines is 1. The number of hydrogen-bond acceptors (Lipinski definition) is 3. The molecule has 0 bridgehead atoms. The highest BCUT2D eigenvalue weighted by atomic mass is 35.5. The molecule has 3 aromatic carbocycles. The highest BCUT2D eigenvalue weighted by molar-refractivity contribution is 7.92. The van der Waals surface area contributed by atoms with Gasteiger partial charge in [-0.3, -0.25) is 9.52 Å². The molecule has 156 valence electrons. The molecule has 0 unspecified atom stereocenters. The van der Waals surface area contributed by atoms with E-state index in [4.69, 9.17) is 11.6 Å². The summed E-state index contributed by atoms with van der Waals surface area (Å²) in [5.74, 6) is -0.196. The highest BCUT2D eigenvalue weighted by Crippen LogP contribution is 2.24. The van der Waals surface area contributed by atoms with Crippen LogP contribution in [0.1, 0.15) is 27.0 Å². The summed E-state index contributed by atoms with van der Waals surface area (Å²) >= 11 is 5.91. The lowest BCUT2D eigenvalue weighted by atomic mass is 10.1. The Labute approximate surface area is 182 Å². The Morgan fingerprint density at radius 3 is 2.23 bits per heavy atom. The lowest BCUT2D eigenvalue weighted by Gasteiger charge is -2.20. The Kier molecular flexibility index (Phi) is 6.48. The smallest absolute Gasteiger partial charge is 0.261 e. The van der Waals surface area contributed by atoms with Gasteiger partial charge in [0.25, 0.3) is 15.9 Å². The number of carbonyl (C=O) groups excluding carboxylic acids is 1. The van der Waals surface area contributed by atoms with Crippen LogP contribution in [0.2, 0.25) is 5.02 Å². The largest absolute Gasteiger partial charge is 0.337 e. The molecule has 0 heterocycles. The minimum Gasteiger partial charge on any atom is -0.337 e. The fourth-order valence-electron chi connectivity index (χ4n) is 3.04. The van der Waals surface area contributed by atoms with Crippen LogP contribution in [-0.2, 0) is 16.6 Å². The van der Waals surface area contributed by atoms with Crippen LogP contribution in [0.3, 0.4) is 0 Å². The molecule has 0 saturated carbocycles. The van der Waals surface area contributed by atoms with Gasteiger partial charge in [0.15, 0.2) is 0 Å². The predicted molar refractivity (Wildman–Crippen MR) is 120 cm³/mol. The third-order valence-electron chi connectivity index (χ3n) is 4.82. The first-order chi connectivity index (χ1) is 14.2. The van der Waals surface area contributed by atoms with Crippen LogP contribution in [0.25, 0.3) is 0 Å². The van der Waals surface area contributed by atoms with E-state index in [2.05, 4.69) is 4.72 Å². The van der Waals surface area contributed by atoms with Crippen molar-refractivity contribution >= 4 is 33.2 Å². The number of halogens is 1.